The van der Waals surface area contributed by atoms with Crippen molar-refractivity contribution in [3.8, 4) is 0 Å². The number of anilines is 1. The number of hydrogen-bond donors (Lipinski definition) is 0. The summed E-state index contributed by atoms with van der Waals surface area (Å²) in [6.07, 6.45) is 0. The third-order valence-electron chi connectivity index (χ3n) is 3.83. The molecule has 1 aliphatic heterocycles. The first-order chi connectivity index (χ1) is 12.7. The molecule has 0 unspecified atom stereocenters. The maximum absolute atomic E-state index is 11.7. The Hall–Kier alpha value is -1.83. The van der Waals surface area contributed by atoms with Crippen molar-refractivity contribution in [2.24, 2.45) is 0 Å². The predicted molar refractivity (Wildman–Crippen MR) is 102 cm³/mol. The molecule has 3 rings (SSSR count). The molecule has 0 amide bonds. The van der Waals surface area contributed by atoms with Crippen LogP contribution < -0.4 is 4.90 Å². The Labute approximate surface area is 161 Å². The van der Waals surface area contributed by atoms with Gasteiger partial charge >= 0.3 is 5.97 Å². The molecule has 1 aromatic heterocycles. The summed E-state index contributed by atoms with van der Waals surface area (Å²) >= 11 is 7.67. The zero-order valence-corrected chi connectivity index (χ0v) is 16.1. The fourth-order valence-corrected chi connectivity index (χ4v) is 3.54. The summed E-state index contributed by atoms with van der Waals surface area (Å²) in [5.74, 6) is 1.21. The van der Waals surface area contributed by atoms with E-state index < -0.39 is 0 Å². The lowest BCUT2D eigenvalue weighted by Crippen LogP contribution is -2.36. The summed E-state index contributed by atoms with van der Waals surface area (Å²) in [6, 6.07) is 9.14. The maximum atomic E-state index is 11.7. The SMILES string of the molecule is CCOC(=O)c1ccc(CSc2nc(Cl)cc(N3CCOCC3)n2)cc1. The largest absolute Gasteiger partial charge is 0.462 e. The van der Waals surface area contributed by atoms with E-state index in [1.54, 1.807) is 25.1 Å². The van der Waals surface area contributed by atoms with Gasteiger partial charge in [0.2, 0.25) is 0 Å². The number of halogens is 1. The van der Waals surface area contributed by atoms with Crippen LogP contribution in [0.1, 0.15) is 22.8 Å². The molecule has 0 saturated carbocycles. The quantitative estimate of drug-likeness (QED) is 0.322. The Kier molecular flexibility index (Phi) is 6.71. The van der Waals surface area contributed by atoms with Gasteiger partial charge in [-0.1, -0.05) is 35.5 Å². The lowest BCUT2D eigenvalue weighted by molar-refractivity contribution is 0.0526. The molecule has 6 nitrogen and oxygen atoms in total. The van der Waals surface area contributed by atoms with Crippen molar-refractivity contribution in [1.82, 2.24) is 9.97 Å². The van der Waals surface area contributed by atoms with Gasteiger partial charge in [-0.3, -0.25) is 0 Å². The van der Waals surface area contributed by atoms with Gasteiger partial charge in [0.1, 0.15) is 11.0 Å². The molecule has 26 heavy (non-hydrogen) atoms. The van der Waals surface area contributed by atoms with Gasteiger partial charge in [-0.05, 0) is 24.6 Å². The van der Waals surface area contributed by atoms with E-state index in [0.717, 1.165) is 24.5 Å². The number of hydrogen-bond acceptors (Lipinski definition) is 7. The normalized spacial score (nSPS) is 14.3. The molecule has 138 valence electrons. The Balaban J connectivity index is 1.64. The van der Waals surface area contributed by atoms with Crippen LogP contribution in [0.25, 0.3) is 0 Å². The van der Waals surface area contributed by atoms with Crippen LogP contribution in [-0.2, 0) is 15.2 Å². The van der Waals surface area contributed by atoms with Gasteiger partial charge in [0.05, 0.1) is 25.4 Å². The van der Waals surface area contributed by atoms with Crippen LogP contribution >= 0.6 is 23.4 Å². The van der Waals surface area contributed by atoms with Crippen LogP contribution in [0.2, 0.25) is 5.15 Å². The zero-order chi connectivity index (χ0) is 18.4. The summed E-state index contributed by atoms with van der Waals surface area (Å²) in [5.41, 5.74) is 1.62. The van der Waals surface area contributed by atoms with Crippen molar-refractivity contribution in [2.45, 2.75) is 17.8 Å². The number of morpholine rings is 1. The molecule has 0 aliphatic carbocycles. The molecule has 0 spiro atoms. The Bertz CT molecular complexity index is 752. The lowest BCUT2D eigenvalue weighted by atomic mass is 10.1. The minimum Gasteiger partial charge on any atom is -0.462 e. The van der Waals surface area contributed by atoms with E-state index in [4.69, 9.17) is 21.1 Å². The number of benzene rings is 1. The number of carbonyl (C=O) groups is 1. The summed E-state index contributed by atoms with van der Waals surface area (Å²) in [6.45, 7) is 5.14. The Morgan fingerprint density at radius 3 is 2.69 bits per heavy atom. The highest BCUT2D eigenvalue weighted by atomic mass is 35.5. The number of rotatable bonds is 6. The van der Waals surface area contributed by atoms with E-state index in [0.29, 0.717) is 41.4 Å². The van der Waals surface area contributed by atoms with Gasteiger partial charge < -0.3 is 14.4 Å². The fourth-order valence-electron chi connectivity index (χ4n) is 2.50. The molecule has 1 saturated heterocycles. The van der Waals surface area contributed by atoms with Crippen LogP contribution in [0.4, 0.5) is 5.82 Å². The molecule has 1 aliphatic rings. The molecule has 2 heterocycles. The number of thioether (sulfide) groups is 1. The smallest absolute Gasteiger partial charge is 0.338 e. The molecule has 0 radical (unpaired) electrons. The first kappa shape index (κ1) is 18.9. The monoisotopic (exact) mass is 393 g/mol. The van der Waals surface area contributed by atoms with E-state index in [2.05, 4.69) is 14.9 Å². The second-order valence-corrected chi connectivity index (χ2v) is 6.97. The third-order valence-corrected chi connectivity index (χ3v) is 4.94. The molecule has 0 bridgehead atoms. The van der Waals surface area contributed by atoms with Crippen LogP contribution in [-0.4, -0.2) is 48.8 Å². The van der Waals surface area contributed by atoms with Gasteiger partial charge in [0.15, 0.2) is 5.16 Å². The number of nitrogens with zero attached hydrogens (tertiary/aromatic N) is 3. The molecule has 1 aromatic carbocycles. The lowest BCUT2D eigenvalue weighted by Gasteiger charge is -2.27. The molecule has 2 aromatic rings. The van der Waals surface area contributed by atoms with Crippen LogP contribution in [0.3, 0.4) is 0 Å². The zero-order valence-electron chi connectivity index (χ0n) is 14.5. The van der Waals surface area contributed by atoms with Crippen LogP contribution in [0, 0.1) is 0 Å². The van der Waals surface area contributed by atoms with E-state index in [1.807, 2.05) is 12.1 Å². The molecular weight excluding hydrogens is 374 g/mol. The van der Waals surface area contributed by atoms with E-state index in [9.17, 15) is 4.79 Å². The van der Waals surface area contributed by atoms with Gasteiger partial charge in [0.25, 0.3) is 0 Å². The fraction of sp³-hybridized carbons (Fsp3) is 0.389. The topological polar surface area (TPSA) is 64.5 Å². The van der Waals surface area contributed by atoms with Crippen molar-refractivity contribution >= 4 is 35.1 Å². The second kappa shape index (κ2) is 9.21. The van der Waals surface area contributed by atoms with Crippen molar-refractivity contribution in [3.05, 3.63) is 46.6 Å². The minimum absolute atomic E-state index is 0.306. The third kappa shape index (κ3) is 5.09. The van der Waals surface area contributed by atoms with E-state index >= 15 is 0 Å². The summed E-state index contributed by atoms with van der Waals surface area (Å²) in [7, 11) is 0. The summed E-state index contributed by atoms with van der Waals surface area (Å²) < 4.78 is 10.4. The van der Waals surface area contributed by atoms with Gasteiger partial charge in [-0.15, -0.1) is 0 Å². The van der Waals surface area contributed by atoms with Crippen molar-refractivity contribution in [2.75, 3.05) is 37.8 Å². The number of carbonyl (C=O) groups excluding carboxylic acids is 1. The number of ether oxygens (including phenoxy) is 2. The predicted octanol–water partition coefficient (Wildman–Crippen LogP) is 3.44. The first-order valence-corrected chi connectivity index (χ1v) is 9.78. The highest BCUT2D eigenvalue weighted by Crippen LogP contribution is 2.25. The summed E-state index contributed by atoms with van der Waals surface area (Å²) in [4.78, 5) is 22.7. The maximum Gasteiger partial charge on any atom is 0.338 e. The van der Waals surface area contributed by atoms with Gasteiger partial charge in [0, 0.05) is 24.9 Å². The van der Waals surface area contributed by atoms with E-state index in [-0.39, 0.29) is 5.97 Å². The van der Waals surface area contributed by atoms with E-state index in [1.165, 1.54) is 11.8 Å². The second-order valence-electron chi connectivity index (χ2n) is 5.64. The standard InChI is InChI=1S/C18H20ClN3O3S/c1-2-25-17(23)14-5-3-13(4-6-14)12-26-18-20-15(19)11-16(21-18)22-7-9-24-10-8-22/h3-6,11H,2,7-10,12H2,1H3. The average molecular weight is 394 g/mol. The highest BCUT2D eigenvalue weighted by molar-refractivity contribution is 7.98. The van der Waals surface area contributed by atoms with Gasteiger partial charge in [-0.25, -0.2) is 14.8 Å². The Morgan fingerprint density at radius 2 is 2.00 bits per heavy atom. The van der Waals surface area contributed by atoms with Crippen molar-refractivity contribution in [1.29, 1.82) is 0 Å². The number of esters is 1. The van der Waals surface area contributed by atoms with Crippen molar-refractivity contribution < 1.29 is 14.3 Å². The Morgan fingerprint density at radius 1 is 1.27 bits per heavy atom. The first-order valence-electron chi connectivity index (χ1n) is 8.42. The van der Waals surface area contributed by atoms with Crippen molar-refractivity contribution in [3.63, 3.8) is 0 Å². The molecule has 1 fully saturated rings. The van der Waals surface area contributed by atoms with Gasteiger partial charge in [-0.2, -0.15) is 0 Å². The highest BCUT2D eigenvalue weighted by Gasteiger charge is 2.15. The molecule has 8 heteroatoms. The minimum atomic E-state index is -0.306. The molecule has 0 N–H and O–H groups in total. The average Bonchev–Trinajstić information content (AvgIpc) is 2.67. The molecular formula is C18H20ClN3O3S. The summed E-state index contributed by atoms with van der Waals surface area (Å²) in [5, 5.41) is 1.06. The van der Waals surface area contributed by atoms with Crippen LogP contribution in [0.15, 0.2) is 35.5 Å². The number of aromatic nitrogens is 2. The van der Waals surface area contributed by atoms with Crippen LogP contribution in [0.5, 0.6) is 0 Å². The molecule has 0 atom stereocenters.